The number of fused-ring (bicyclic) bond motifs is 13. The van der Waals surface area contributed by atoms with Crippen molar-refractivity contribution in [3.8, 4) is 44.5 Å². The van der Waals surface area contributed by atoms with Gasteiger partial charge in [-0.25, -0.2) is 0 Å². The van der Waals surface area contributed by atoms with E-state index in [0.717, 1.165) is 0 Å². The van der Waals surface area contributed by atoms with Crippen LogP contribution in [0.4, 0.5) is 17.1 Å². The molecule has 0 bridgehead atoms. The van der Waals surface area contributed by atoms with E-state index in [-0.39, 0.29) is 21.7 Å². The van der Waals surface area contributed by atoms with Crippen molar-refractivity contribution in [2.24, 2.45) is 0 Å². The molecule has 0 atom stereocenters. The highest BCUT2D eigenvalue weighted by Crippen LogP contribution is 2.63. The summed E-state index contributed by atoms with van der Waals surface area (Å²) in [6.07, 6.45) is 0. The molecule has 0 radical (unpaired) electrons. The van der Waals surface area contributed by atoms with Crippen LogP contribution in [0.2, 0.25) is 0 Å². The van der Waals surface area contributed by atoms with E-state index < -0.39 is 0 Å². The second-order valence-corrected chi connectivity index (χ2v) is 19.4. The van der Waals surface area contributed by atoms with Gasteiger partial charge in [-0.1, -0.05) is 172 Å². The van der Waals surface area contributed by atoms with Crippen LogP contribution in [0, 0.1) is 0 Å². The second kappa shape index (κ2) is 11.1. The second-order valence-electron chi connectivity index (χ2n) is 19.4. The first-order valence-electron chi connectivity index (χ1n) is 20.1. The van der Waals surface area contributed by atoms with Gasteiger partial charge in [-0.3, -0.25) is 0 Å². The fourth-order valence-electron chi connectivity index (χ4n) is 10.3. The number of hydrogen-bond acceptors (Lipinski definition) is 1. The molecule has 0 unspecified atom stereocenters. The third kappa shape index (κ3) is 4.65. The van der Waals surface area contributed by atoms with Crippen molar-refractivity contribution in [1.82, 2.24) is 0 Å². The number of anilines is 3. The summed E-state index contributed by atoms with van der Waals surface area (Å²) in [4.78, 5) is 2.59. The van der Waals surface area contributed by atoms with E-state index in [0.29, 0.717) is 0 Å². The smallest absolute Gasteiger partial charge is 0.0547 e. The van der Waals surface area contributed by atoms with Crippen molar-refractivity contribution in [2.45, 2.75) is 90.9 Å². The molecule has 0 amide bonds. The van der Waals surface area contributed by atoms with Gasteiger partial charge < -0.3 is 4.90 Å². The van der Waals surface area contributed by atoms with E-state index in [1.165, 1.54) is 106 Å². The Labute approximate surface area is 327 Å². The first-order valence-corrected chi connectivity index (χ1v) is 20.1. The van der Waals surface area contributed by atoms with Gasteiger partial charge in [0.05, 0.1) is 17.1 Å². The lowest BCUT2D eigenvalue weighted by Crippen LogP contribution is -2.21. The molecule has 0 saturated carbocycles. The molecular weight excluding hydrogens is 663 g/mol. The summed E-state index contributed by atoms with van der Waals surface area (Å²) in [5.74, 6) is 0. The Bertz CT molecular complexity index is 2770. The summed E-state index contributed by atoms with van der Waals surface area (Å²) in [6, 6.07) is 49.0. The molecule has 0 N–H and O–H groups in total. The van der Waals surface area contributed by atoms with Gasteiger partial charge in [-0.2, -0.15) is 0 Å². The van der Waals surface area contributed by atoms with Crippen LogP contribution in [0.5, 0.6) is 0 Å². The Morgan fingerprint density at radius 1 is 0.400 bits per heavy atom. The maximum absolute atomic E-state index is 2.59. The zero-order chi connectivity index (χ0) is 38.4. The van der Waals surface area contributed by atoms with Gasteiger partial charge in [0, 0.05) is 27.3 Å². The third-order valence-electron chi connectivity index (χ3n) is 13.3. The van der Waals surface area contributed by atoms with E-state index in [2.05, 4.69) is 202 Å². The van der Waals surface area contributed by atoms with Crippen LogP contribution in [-0.2, 0) is 21.7 Å². The van der Waals surface area contributed by atoms with Gasteiger partial charge in [-0.05, 0) is 107 Å². The van der Waals surface area contributed by atoms with Crippen molar-refractivity contribution in [3.63, 3.8) is 0 Å². The predicted molar refractivity (Wildman–Crippen MR) is 236 cm³/mol. The van der Waals surface area contributed by atoms with Crippen molar-refractivity contribution in [2.75, 3.05) is 4.90 Å². The van der Waals surface area contributed by atoms with Gasteiger partial charge in [-0.15, -0.1) is 0 Å². The van der Waals surface area contributed by atoms with Crippen LogP contribution in [-0.4, -0.2) is 0 Å². The number of benzene rings is 7. The number of para-hydroxylation sites is 1. The lowest BCUT2D eigenvalue weighted by molar-refractivity contribution is 0.564. The molecule has 0 aromatic heterocycles. The summed E-state index contributed by atoms with van der Waals surface area (Å²) in [7, 11) is 0. The van der Waals surface area contributed by atoms with E-state index in [4.69, 9.17) is 0 Å². The molecule has 1 heteroatoms. The molecule has 7 aromatic rings. The predicted octanol–water partition coefficient (Wildman–Crippen LogP) is 15.2. The maximum Gasteiger partial charge on any atom is 0.0547 e. The minimum atomic E-state index is -0.165. The Balaban J connectivity index is 1.39. The van der Waals surface area contributed by atoms with Gasteiger partial charge in [0.1, 0.15) is 0 Å². The van der Waals surface area contributed by atoms with Crippen molar-refractivity contribution in [3.05, 3.63) is 161 Å². The minimum absolute atomic E-state index is 0.0338. The molecule has 272 valence electrons. The van der Waals surface area contributed by atoms with Crippen LogP contribution < -0.4 is 4.90 Å². The van der Waals surface area contributed by atoms with Crippen LogP contribution in [0.15, 0.2) is 127 Å². The fourth-order valence-corrected chi connectivity index (χ4v) is 10.3. The largest absolute Gasteiger partial charge is 0.309 e. The van der Waals surface area contributed by atoms with Crippen LogP contribution >= 0.6 is 0 Å². The van der Waals surface area contributed by atoms with Crippen LogP contribution in [0.25, 0.3) is 55.3 Å². The molecule has 1 aliphatic heterocycles. The lowest BCUT2D eigenvalue weighted by Gasteiger charge is -2.30. The zero-order valence-corrected chi connectivity index (χ0v) is 34.1. The summed E-state index contributed by atoms with van der Waals surface area (Å²) in [5.41, 5.74) is 22.6. The molecule has 0 fully saturated rings. The Morgan fingerprint density at radius 2 is 1.05 bits per heavy atom. The Kier molecular flexibility index (Phi) is 6.89. The first-order chi connectivity index (χ1) is 26.1. The summed E-state index contributed by atoms with van der Waals surface area (Å²) >= 11 is 0. The molecule has 55 heavy (non-hydrogen) atoms. The molecule has 1 heterocycles. The van der Waals surface area contributed by atoms with E-state index in [1.54, 1.807) is 0 Å². The first kappa shape index (κ1) is 34.1. The van der Waals surface area contributed by atoms with Crippen molar-refractivity contribution in [1.29, 1.82) is 0 Å². The Hall–Kier alpha value is -5.40. The summed E-state index contributed by atoms with van der Waals surface area (Å²) < 4.78 is 0. The lowest BCUT2D eigenvalue weighted by atomic mass is 9.74. The SMILES string of the molecule is CC(C)(C)c1cc(C(C)(C)C)c2c(c1)C(C)(C)c1ccc3c(c1-2)-c1ccccc1N(c1cccc2ccccc12)c1cc2c(cc1-3)C(C)(C)c1ccccc1-2. The fraction of sp³-hybridized carbons (Fsp3) is 0.259. The van der Waals surface area contributed by atoms with Crippen LogP contribution in [0.1, 0.15) is 103 Å². The molecule has 1 nitrogen and oxygen atoms in total. The van der Waals surface area contributed by atoms with E-state index in [1.807, 2.05) is 0 Å². The molecule has 10 rings (SSSR count). The van der Waals surface area contributed by atoms with Crippen molar-refractivity contribution < 1.29 is 0 Å². The highest BCUT2D eigenvalue weighted by Gasteiger charge is 2.44. The third-order valence-corrected chi connectivity index (χ3v) is 13.3. The molecule has 7 aromatic carbocycles. The molecule has 0 saturated heterocycles. The van der Waals surface area contributed by atoms with E-state index in [9.17, 15) is 0 Å². The average molecular weight is 714 g/mol. The molecular formula is C54H51N. The van der Waals surface area contributed by atoms with E-state index >= 15 is 0 Å². The normalized spacial score (nSPS) is 15.7. The van der Waals surface area contributed by atoms with Gasteiger partial charge in [0.25, 0.3) is 0 Å². The number of rotatable bonds is 1. The van der Waals surface area contributed by atoms with Gasteiger partial charge in [0.2, 0.25) is 0 Å². The van der Waals surface area contributed by atoms with Gasteiger partial charge >= 0.3 is 0 Å². The Morgan fingerprint density at radius 3 is 1.82 bits per heavy atom. The highest BCUT2D eigenvalue weighted by molar-refractivity contribution is 6.12. The molecule has 2 aliphatic carbocycles. The standard InChI is InChI=1S/C54H51N/c1-51(2,3)33-28-43(52(4,5)6)49-44(29-33)54(9,10)41-27-26-36-39-30-42-38(35-21-13-15-23-40(35)53(42,7)8)31-47(39)55(45-25-17-19-32-18-11-12-20-34(32)45)46-24-16-14-22-37(46)48(36)50(41)49/h11-31H,1-10H3. The van der Waals surface area contributed by atoms with Crippen LogP contribution in [0.3, 0.4) is 0 Å². The monoisotopic (exact) mass is 713 g/mol. The number of nitrogens with zero attached hydrogens (tertiary/aromatic N) is 1. The minimum Gasteiger partial charge on any atom is -0.309 e. The molecule has 0 spiro atoms. The highest BCUT2D eigenvalue weighted by atomic mass is 15.2. The average Bonchev–Trinajstić information content (AvgIpc) is 3.46. The molecule has 3 aliphatic rings. The van der Waals surface area contributed by atoms with Gasteiger partial charge in [0.15, 0.2) is 0 Å². The number of hydrogen-bond donors (Lipinski definition) is 0. The topological polar surface area (TPSA) is 3.24 Å². The quantitative estimate of drug-likeness (QED) is 0.164. The maximum atomic E-state index is 2.59. The summed E-state index contributed by atoms with van der Waals surface area (Å²) in [5, 5.41) is 2.49. The summed E-state index contributed by atoms with van der Waals surface area (Å²) in [6.45, 7) is 24.0. The zero-order valence-electron chi connectivity index (χ0n) is 34.1. The van der Waals surface area contributed by atoms with Crippen molar-refractivity contribution >= 4 is 27.8 Å².